The number of nitrogens with zero attached hydrogens (tertiary/aromatic N) is 1. The van der Waals surface area contributed by atoms with Crippen molar-refractivity contribution in [2.24, 2.45) is 0 Å². The highest BCUT2D eigenvalue weighted by molar-refractivity contribution is 7.80. The molecular weight excluding hydrogens is 178 g/mol. The summed E-state index contributed by atoms with van der Waals surface area (Å²) in [5.41, 5.74) is 0. The second-order valence-corrected chi connectivity index (χ2v) is 4.61. The number of hydrogen-bond donors (Lipinski definition) is 1. The monoisotopic (exact) mass is 202 g/mol. The van der Waals surface area contributed by atoms with Gasteiger partial charge in [-0.1, -0.05) is 13.0 Å². The molecule has 0 spiro atoms. The maximum absolute atomic E-state index is 4.25. The summed E-state index contributed by atoms with van der Waals surface area (Å²) in [7, 11) is 4.61. The Balaban J connectivity index is 4.10. The van der Waals surface area contributed by atoms with Crippen molar-refractivity contribution in [3.8, 4) is 0 Å². The summed E-state index contributed by atoms with van der Waals surface area (Å²) in [6.45, 7) is 7.29. The normalized spacial score (nSPS) is 14.2. The Kier molecular flexibility index (Phi) is 6.52. The van der Waals surface area contributed by atoms with E-state index in [0.29, 0.717) is 0 Å². The van der Waals surface area contributed by atoms with E-state index < -0.39 is 0 Å². The highest BCUT2D eigenvalue weighted by atomic mass is 32.1. The standard InChI is InChI=1S/C11H23NS/c1-5-8-11(6-2)12(3,4)9-7-10-13/h5,11H,1,6-10H2,2-4H3/p+1. The van der Waals surface area contributed by atoms with Gasteiger partial charge in [0.05, 0.1) is 26.7 Å². The molecule has 0 saturated heterocycles. The van der Waals surface area contributed by atoms with Gasteiger partial charge < -0.3 is 4.48 Å². The van der Waals surface area contributed by atoms with Crippen molar-refractivity contribution >= 4 is 12.6 Å². The molecule has 0 aliphatic rings. The molecule has 13 heavy (non-hydrogen) atoms. The molecule has 0 heterocycles. The molecule has 1 nitrogen and oxygen atoms in total. The van der Waals surface area contributed by atoms with Gasteiger partial charge in [-0.25, -0.2) is 0 Å². The van der Waals surface area contributed by atoms with Crippen molar-refractivity contribution < 1.29 is 4.48 Å². The Morgan fingerprint density at radius 3 is 2.46 bits per heavy atom. The number of hydrogen-bond acceptors (Lipinski definition) is 1. The first-order chi connectivity index (χ1) is 6.08. The fraction of sp³-hybridized carbons (Fsp3) is 0.818. The summed E-state index contributed by atoms with van der Waals surface area (Å²) in [6.07, 6.45) is 5.58. The Morgan fingerprint density at radius 2 is 2.08 bits per heavy atom. The van der Waals surface area contributed by atoms with Gasteiger partial charge in [0, 0.05) is 12.8 Å². The summed E-state index contributed by atoms with van der Waals surface area (Å²) >= 11 is 4.25. The minimum Gasteiger partial charge on any atom is -0.326 e. The zero-order valence-corrected chi connectivity index (χ0v) is 10.2. The lowest BCUT2D eigenvalue weighted by Gasteiger charge is -2.37. The summed E-state index contributed by atoms with van der Waals surface area (Å²) in [5, 5.41) is 0. The van der Waals surface area contributed by atoms with Crippen LogP contribution in [0.2, 0.25) is 0 Å². The number of quaternary nitrogens is 1. The average molecular weight is 202 g/mol. The largest absolute Gasteiger partial charge is 0.326 e. The van der Waals surface area contributed by atoms with Crippen molar-refractivity contribution in [1.82, 2.24) is 0 Å². The Morgan fingerprint density at radius 1 is 1.46 bits per heavy atom. The van der Waals surface area contributed by atoms with E-state index in [9.17, 15) is 0 Å². The first-order valence-electron chi connectivity index (χ1n) is 5.13. The van der Waals surface area contributed by atoms with Gasteiger partial charge in [-0.05, 0) is 12.2 Å². The van der Waals surface area contributed by atoms with Crippen LogP contribution in [0.5, 0.6) is 0 Å². The van der Waals surface area contributed by atoms with Crippen LogP contribution in [-0.4, -0.2) is 36.9 Å². The van der Waals surface area contributed by atoms with E-state index in [1.54, 1.807) is 0 Å². The lowest BCUT2D eigenvalue weighted by molar-refractivity contribution is -0.914. The maximum Gasteiger partial charge on any atom is 0.0918 e. The van der Waals surface area contributed by atoms with Gasteiger partial charge in [-0.15, -0.1) is 6.58 Å². The minimum atomic E-state index is 0.720. The average Bonchev–Trinajstić information content (AvgIpc) is 2.10. The van der Waals surface area contributed by atoms with Crippen LogP contribution >= 0.6 is 12.6 Å². The van der Waals surface area contributed by atoms with Gasteiger partial charge in [-0.3, -0.25) is 0 Å². The third-order valence-corrected chi connectivity index (χ3v) is 3.11. The van der Waals surface area contributed by atoms with Crippen LogP contribution in [-0.2, 0) is 0 Å². The van der Waals surface area contributed by atoms with Crippen molar-refractivity contribution in [2.45, 2.75) is 32.2 Å². The van der Waals surface area contributed by atoms with E-state index in [0.717, 1.165) is 22.7 Å². The molecule has 1 unspecified atom stereocenters. The fourth-order valence-corrected chi connectivity index (χ4v) is 1.94. The zero-order valence-electron chi connectivity index (χ0n) is 9.29. The van der Waals surface area contributed by atoms with Crippen molar-refractivity contribution in [3.05, 3.63) is 12.7 Å². The third kappa shape index (κ3) is 4.72. The van der Waals surface area contributed by atoms with Crippen LogP contribution in [0.15, 0.2) is 12.7 Å². The van der Waals surface area contributed by atoms with E-state index in [4.69, 9.17) is 0 Å². The number of thiol groups is 1. The molecule has 0 saturated carbocycles. The molecule has 0 fully saturated rings. The van der Waals surface area contributed by atoms with Crippen LogP contribution in [0.3, 0.4) is 0 Å². The van der Waals surface area contributed by atoms with Gasteiger partial charge in [0.2, 0.25) is 0 Å². The molecule has 0 aromatic carbocycles. The quantitative estimate of drug-likeness (QED) is 0.366. The SMILES string of the molecule is C=CCC(CC)[N+](C)(C)CCCS. The predicted molar refractivity (Wildman–Crippen MR) is 64.3 cm³/mol. The molecule has 0 N–H and O–H groups in total. The molecule has 78 valence electrons. The Bertz CT molecular complexity index is 143. The minimum absolute atomic E-state index is 0.720. The van der Waals surface area contributed by atoms with Gasteiger partial charge in [0.25, 0.3) is 0 Å². The molecule has 0 aliphatic heterocycles. The molecule has 0 rings (SSSR count). The first kappa shape index (κ1) is 13.1. The zero-order chi connectivity index (χ0) is 10.3. The van der Waals surface area contributed by atoms with E-state index in [1.165, 1.54) is 19.4 Å². The molecule has 0 amide bonds. The highest BCUT2D eigenvalue weighted by Gasteiger charge is 2.24. The van der Waals surface area contributed by atoms with Crippen LogP contribution in [0.1, 0.15) is 26.2 Å². The van der Waals surface area contributed by atoms with Crippen molar-refractivity contribution in [2.75, 3.05) is 26.4 Å². The molecule has 0 aliphatic carbocycles. The second kappa shape index (κ2) is 6.50. The first-order valence-corrected chi connectivity index (χ1v) is 5.76. The van der Waals surface area contributed by atoms with Gasteiger partial charge in [-0.2, -0.15) is 12.6 Å². The molecular formula is C11H24NS+. The van der Waals surface area contributed by atoms with E-state index in [2.05, 4.69) is 40.2 Å². The number of rotatable bonds is 7. The topological polar surface area (TPSA) is 0 Å². The molecule has 1 atom stereocenters. The van der Waals surface area contributed by atoms with Crippen LogP contribution < -0.4 is 0 Å². The van der Waals surface area contributed by atoms with Crippen molar-refractivity contribution in [3.63, 3.8) is 0 Å². The Labute approximate surface area is 88.8 Å². The molecule has 0 aromatic heterocycles. The molecule has 0 aromatic rings. The highest BCUT2D eigenvalue weighted by Crippen LogP contribution is 2.15. The van der Waals surface area contributed by atoms with E-state index in [-0.39, 0.29) is 0 Å². The summed E-state index contributed by atoms with van der Waals surface area (Å²) in [5.74, 6) is 0.992. The molecule has 0 radical (unpaired) electrons. The summed E-state index contributed by atoms with van der Waals surface area (Å²) < 4.78 is 1.10. The van der Waals surface area contributed by atoms with Gasteiger partial charge in [0.15, 0.2) is 0 Å². The van der Waals surface area contributed by atoms with Gasteiger partial charge in [0.1, 0.15) is 0 Å². The summed E-state index contributed by atoms with van der Waals surface area (Å²) in [6, 6.07) is 0.720. The van der Waals surface area contributed by atoms with Crippen LogP contribution in [0.4, 0.5) is 0 Å². The van der Waals surface area contributed by atoms with E-state index in [1.807, 2.05) is 6.08 Å². The van der Waals surface area contributed by atoms with Crippen LogP contribution in [0.25, 0.3) is 0 Å². The third-order valence-electron chi connectivity index (χ3n) is 2.79. The lowest BCUT2D eigenvalue weighted by atomic mass is 10.1. The maximum atomic E-state index is 4.25. The fourth-order valence-electron chi connectivity index (χ4n) is 1.80. The molecule has 2 heteroatoms. The van der Waals surface area contributed by atoms with Crippen LogP contribution in [0, 0.1) is 0 Å². The predicted octanol–water partition coefficient (Wildman–Crippen LogP) is 2.74. The Hall–Kier alpha value is 0.0500. The van der Waals surface area contributed by atoms with Gasteiger partial charge >= 0.3 is 0 Å². The smallest absolute Gasteiger partial charge is 0.0918 e. The van der Waals surface area contributed by atoms with E-state index >= 15 is 0 Å². The summed E-state index contributed by atoms with van der Waals surface area (Å²) in [4.78, 5) is 0. The van der Waals surface area contributed by atoms with Crippen molar-refractivity contribution in [1.29, 1.82) is 0 Å². The lowest BCUT2D eigenvalue weighted by Crippen LogP contribution is -2.49. The second-order valence-electron chi connectivity index (χ2n) is 4.17. The molecule has 0 bridgehead atoms.